The summed E-state index contributed by atoms with van der Waals surface area (Å²) in [5, 5.41) is 3.11. The molecule has 23 heavy (non-hydrogen) atoms. The Hall–Kier alpha value is -0.850. The van der Waals surface area contributed by atoms with Gasteiger partial charge in [-0.05, 0) is 31.6 Å². The molecule has 0 aromatic carbocycles. The van der Waals surface area contributed by atoms with E-state index in [0.717, 1.165) is 58.5 Å². The minimum atomic E-state index is 0. The molecule has 1 unspecified atom stereocenters. The largest absolute Gasteiger partial charge is 0.381 e. The predicted octanol–water partition coefficient (Wildman–Crippen LogP) is 0.648. The van der Waals surface area contributed by atoms with Crippen molar-refractivity contribution < 1.29 is 14.3 Å². The van der Waals surface area contributed by atoms with Crippen LogP contribution in [-0.2, 0) is 14.3 Å². The van der Waals surface area contributed by atoms with Crippen LogP contribution in [0.3, 0.4) is 0 Å². The molecular formula is C16H28ClN3O3. The Morgan fingerprint density at radius 2 is 2.00 bits per heavy atom. The van der Waals surface area contributed by atoms with Crippen LogP contribution in [0, 0.1) is 5.92 Å². The highest BCUT2D eigenvalue weighted by Gasteiger charge is 2.32. The van der Waals surface area contributed by atoms with Gasteiger partial charge in [-0.3, -0.25) is 9.59 Å². The molecule has 1 atom stereocenters. The van der Waals surface area contributed by atoms with E-state index in [1.54, 1.807) is 0 Å². The van der Waals surface area contributed by atoms with Gasteiger partial charge in [-0.25, -0.2) is 0 Å². The van der Waals surface area contributed by atoms with Crippen molar-refractivity contribution in [3.8, 4) is 0 Å². The van der Waals surface area contributed by atoms with Crippen molar-refractivity contribution in [2.45, 2.75) is 38.1 Å². The summed E-state index contributed by atoms with van der Waals surface area (Å²) >= 11 is 0. The molecule has 0 bridgehead atoms. The molecule has 0 aromatic rings. The minimum Gasteiger partial charge on any atom is -0.381 e. The number of nitrogens with one attached hydrogen (secondary N) is 1. The van der Waals surface area contributed by atoms with Crippen molar-refractivity contribution in [1.82, 2.24) is 15.1 Å². The highest BCUT2D eigenvalue weighted by Crippen LogP contribution is 2.22. The molecule has 0 aromatic heterocycles. The molecule has 0 aliphatic carbocycles. The number of rotatable bonds is 3. The van der Waals surface area contributed by atoms with Gasteiger partial charge in [0, 0.05) is 51.9 Å². The monoisotopic (exact) mass is 345 g/mol. The average molecular weight is 346 g/mol. The minimum absolute atomic E-state index is 0. The summed E-state index contributed by atoms with van der Waals surface area (Å²) < 4.78 is 5.36. The zero-order chi connectivity index (χ0) is 15.4. The highest BCUT2D eigenvalue weighted by molar-refractivity contribution is 5.85. The van der Waals surface area contributed by atoms with Gasteiger partial charge in [-0.15, -0.1) is 12.4 Å². The number of halogens is 1. The van der Waals surface area contributed by atoms with Gasteiger partial charge in [0.15, 0.2) is 0 Å². The summed E-state index contributed by atoms with van der Waals surface area (Å²) in [6, 6.07) is 0.210. The van der Waals surface area contributed by atoms with Gasteiger partial charge >= 0.3 is 0 Å². The maximum atomic E-state index is 12.5. The third kappa shape index (κ3) is 4.81. The van der Waals surface area contributed by atoms with Gasteiger partial charge in [-0.2, -0.15) is 0 Å². The zero-order valence-electron chi connectivity index (χ0n) is 13.7. The Labute approximate surface area is 144 Å². The second kappa shape index (κ2) is 8.85. The van der Waals surface area contributed by atoms with E-state index in [9.17, 15) is 9.59 Å². The van der Waals surface area contributed by atoms with Crippen LogP contribution in [-0.4, -0.2) is 73.6 Å². The average Bonchev–Trinajstić information content (AvgIpc) is 2.56. The van der Waals surface area contributed by atoms with Crippen LogP contribution in [0.5, 0.6) is 0 Å². The van der Waals surface area contributed by atoms with Crippen molar-refractivity contribution in [1.29, 1.82) is 0 Å². The number of carbonyl (C=O) groups is 2. The lowest BCUT2D eigenvalue weighted by atomic mass is 9.95. The number of ether oxygens (including phenoxy) is 1. The Bertz CT molecular complexity index is 415. The molecule has 3 heterocycles. The van der Waals surface area contributed by atoms with Crippen molar-refractivity contribution >= 4 is 24.2 Å². The van der Waals surface area contributed by atoms with Gasteiger partial charge in [0.1, 0.15) is 0 Å². The van der Waals surface area contributed by atoms with E-state index in [1.165, 1.54) is 0 Å². The number of piperidine rings is 1. The molecule has 0 saturated carbocycles. The molecule has 0 radical (unpaired) electrons. The van der Waals surface area contributed by atoms with Crippen LogP contribution >= 0.6 is 12.4 Å². The fourth-order valence-corrected chi connectivity index (χ4v) is 3.77. The van der Waals surface area contributed by atoms with Gasteiger partial charge in [0.2, 0.25) is 11.8 Å². The van der Waals surface area contributed by atoms with E-state index in [-0.39, 0.29) is 30.3 Å². The number of piperazine rings is 1. The van der Waals surface area contributed by atoms with E-state index < -0.39 is 0 Å². The molecule has 3 rings (SSSR count). The molecular weight excluding hydrogens is 318 g/mol. The first kappa shape index (κ1) is 18.5. The lowest BCUT2D eigenvalue weighted by Crippen LogP contribution is -2.57. The molecule has 3 aliphatic heterocycles. The molecule has 7 heteroatoms. The molecule has 6 nitrogen and oxygen atoms in total. The van der Waals surface area contributed by atoms with Crippen LogP contribution in [0.25, 0.3) is 0 Å². The van der Waals surface area contributed by atoms with E-state index in [1.807, 2.05) is 9.80 Å². The standard InChI is InChI=1S/C16H27N3O3.ClH/c20-15(10-13-3-8-22-9-4-13)18-6-1-2-14(12-18)19-7-5-17-11-16(19)21;/h13-14,17H,1-12H2;1H. The van der Waals surface area contributed by atoms with Crippen LogP contribution in [0.2, 0.25) is 0 Å². The zero-order valence-corrected chi connectivity index (χ0v) is 14.5. The molecule has 0 spiro atoms. The Kier molecular flexibility index (Phi) is 7.11. The maximum Gasteiger partial charge on any atom is 0.236 e. The summed E-state index contributed by atoms with van der Waals surface area (Å²) in [6.07, 6.45) is 4.67. The second-order valence-corrected chi connectivity index (χ2v) is 6.66. The van der Waals surface area contributed by atoms with E-state index >= 15 is 0 Å². The van der Waals surface area contributed by atoms with Crippen LogP contribution < -0.4 is 5.32 Å². The van der Waals surface area contributed by atoms with Crippen molar-refractivity contribution in [2.75, 3.05) is 45.9 Å². The smallest absolute Gasteiger partial charge is 0.236 e. The number of nitrogens with zero attached hydrogens (tertiary/aromatic N) is 2. The second-order valence-electron chi connectivity index (χ2n) is 6.66. The summed E-state index contributed by atoms with van der Waals surface area (Å²) in [7, 11) is 0. The number of hydrogen-bond acceptors (Lipinski definition) is 4. The van der Waals surface area contributed by atoms with Crippen molar-refractivity contribution in [3.63, 3.8) is 0 Å². The predicted molar refractivity (Wildman–Crippen MR) is 89.6 cm³/mol. The van der Waals surface area contributed by atoms with Gasteiger partial charge in [0.05, 0.1) is 6.54 Å². The fourth-order valence-electron chi connectivity index (χ4n) is 3.77. The summed E-state index contributed by atoms with van der Waals surface area (Å²) in [6.45, 7) is 5.20. The number of hydrogen-bond donors (Lipinski definition) is 1. The summed E-state index contributed by atoms with van der Waals surface area (Å²) in [5.74, 6) is 0.914. The van der Waals surface area contributed by atoms with Crippen LogP contribution in [0.1, 0.15) is 32.1 Å². The number of carbonyl (C=O) groups excluding carboxylic acids is 2. The fraction of sp³-hybridized carbons (Fsp3) is 0.875. The van der Waals surface area contributed by atoms with Crippen molar-refractivity contribution in [2.24, 2.45) is 5.92 Å². The molecule has 132 valence electrons. The SMILES string of the molecule is Cl.O=C(CC1CCOCC1)N1CCCC(N2CCNCC2=O)C1. The van der Waals surface area contributed by atoms with Crippen LogP contribution in [0.4, 0.5) is 0 Å². The Balaban J connectivity index is 0.00000192. The Morgan fingerprint density at radius 3 is 2.74 bits per heavy atom. The molecule has 3 aliphatic rings. The van der Waals surface area contributed by atoms with Gasteiger partial charge < -0.3 is 19.9 Å². The third-order valence-electron chi connectivity index (χ3n) is 5.12. The van der Waals surface area contributed by atoms with Gasteiger partial charge in [-0.1, -0.05) is 0 Å². The summed E-state index contributed by atoms with van der Waals surface area (Å²) in [5.41, 5.74) is 0. The molecule has 3 fully saturated rings. The van der Waals surface area contributed by atoms with E-state index in [0.29, 0.717) is 25.4 Å². The molecule has 1 N–H and O–H groups in total. The first-order valence-electron chi connectivity index (χ1n) is 8.60. The lowest BCUT2D eigenvalue weighted by molar-refractivity contribution is -0.141. The topological polar surface area (TPSA) is 61.9 Å². The number of amides is 2. The summed E-state index contributed by atoms with van der Waals surface area (Å²) in [4.78, 5) is 28.5. The third-order valence-corrected chi connectivity index (χ3v) is 5.12. The first-order valence-corrected chi connectivity index (χ1v) is 8.60. The first-order chi connectivity index (χ1) is 10.7. The quantitative estimate of drug-likeness (QED) is 0.815. The van der Waals surface area contributed by atoms with Gasteiger partial charge in [0.25, 0.3) is 0 Å². The molecule has 3 saturated heterocycles. The lowest BCUT2D eigenvalue weighted by Gasteiger charge is -2.41. The molecule has 2 amide bonds. The van der Waals surface area contributed by atoms with E-state index in [4.69, 9.17) is 4.74 Å². The highest BCUT2D eigenvalue weighted by atomic mass is 35.5. The van der Waals surface area contributed by atoms with Crippen LogP contribution in [0.15, 0.2) is 0 Å². The Morgan fingerprint density at radius 1 is 1.22 bits per heavy atom. The van der Waals surface area contributed by atoms with Crippen molar-refractivity contribution in [3.05, 3.63) is 0 Å². The normalized spacial score (nSPS) is 26.8. The maximum absolute atomic E-state index is 12.5. The number of likely N-dealkylation sites (tertiary alicyclic amines) is 1. The van der Waals surface area contributed by atoms with E-state index in [2.05, 4.69) is 5.32 Å².